The maximum atomic E-state index is 11.6. The lowest BCUT2D eigenvalue weighted by molar-refractivity contribution is 0.691. The Hall–Kier alpha value is -1.55. The number of benzene rings is 1. The van der Waals surface area contributed by atoms with Crippen LogP contribution in [0.2, 0.25) is 5.28 Å². The van der Waals surface area contributed by atoms with Gasteiger partial charge in [0.15, 0.2) is 0 Å². The molecule has 0 N–H and O–H groups in total. The van der Waals surface area contributed by atoms with Crippen molar-refractivity contribution in [2.75, 3.05) is 0 Å². The Morgan fingerprint density at radius 2 is 2.00 bits per heavy atom. The van der Waals surface area contributed by atoms with E-state index in [2.05, 4.69) is 5.10 Å². The smallest absolute Gasteiger partial charge is 0.261 e. The number of hydrogen-bond donors (Lipinski definition) is 0. The van der Waals surface area contributed by atoms with Gasteiger partial charge >= 0.3 is 5.69 Å². The second kappa shape index (κ2) is 3.90. The van der Waals surface area contributed by atoms with Crippen molar-refractivity contribution in [3.05, 3.63) is 51.7 Å². The topological polar surface area (TPSA) is 39.8 Å². The molecule has 0 spiro atoms. The predicted molar refractivity (Wildman–Crippen MR) is 58.0 cm³/mol. The van der Waals surface area contributed by atoms with E-state index in [-0.39, 0.29) is 11.0 Å². The highest BCUT2D eigenvalue weighted by Gasteiger charge is 2.08. The molecule has 1 heterocycles. The SMILES string of the molecule is Cn1nc(Cl)n(Cc2ccccc2)c1=O. The van der Waals surface area contributed by atoms with Gasteiger partial charge in [-0.2, -0.15) is 0 Å². The first kappa shape index (κ1) is 9.98. The number of halogens is 1. The van der Waals surface area contributed by atoms with Crippen LogP contribution in [0.3, 0.4) is 0 Å². The molecule has 1 aromatic heterocycles. The Balaban J connectivity index is 2.37. The highest BCUT2D eigenvalue weighted by atomic mass is 35.5. The van der Waals surface area contributed by atoms with Crippen molar-refractivity contribution in [2.24, 2.45) is 7.05 Å². The maximum Gasteiger partial charge on any atom is 0.346 e. The third-order valence-corrected chi connectivity index (χ3v) is 2.43. The van der Waals surface area contributed by atoms with E-state index in [1.165, 1.54) is 9.25 Å². The Morgan fingerprint density at radius 3 is 2.53 bits per heavy atom. The van der Waals surface area contributed by atoms with Crippen molar-refractivity contribution in [3.8, 4) is 0 Å². The van der Waals surface area contributed by atoms with Gasteiger partial charge in [0.1, 0.15) is 0 Å². The van der Waals surface area contributed by atoms with Crippen LogP contribution in [0.15, 0.2) is 35.1 Å². The lowest BCUT2D eigenvalue weighted by atomic mass is 10.2. The number of aryl methyl sites for hydroxylation is 1. The fourth-order valence-corrected chi connectivity index (χ4v) is 1.62. The molecule has 78 valence electrons. The van der Waals surface area contributed by atoms with E-state index in [9.17, 15) is 4.79 Å². The summed E-state index contributed by atoms with van der Waals surface area (Å²) in [6.45, 7) is 0.451. The van der Waals surface area contributed by atoms with Crippen LogP contribution < -0.4 is 5.69 Å². The summed E-state index contributed by atoms with van der Waals surface area (Å²) >= 11 is 5.83. The Kier molecular flexibility index (Phi) is 2.60. The minimum atomic E-state index is -0.205. The van der Waals surface area contributed by atoms with Gasteiger partial charge in [0.05, 0.1) is 6.54 Å². The average Bonchev–Trinajstić information content (AvgIpc) is 2.47. The summed E-state index contributed by atoms with van der Waals surface area (Å²) in [5, 5.41) is 4.05. The molecular weight excluding hydrogens is 214 g/mol. The molecular formula is C10H10ClN3O. The molecule has 0 amide bonds. The van der Waals surface area contributed by atoms with Crippen LogP contribution in [0.1, 0.15) is 5.56 Å². The molecule has 0 unspecified atom stereocenters. The van der Waals surface area contributed by atoms with Crippen molar-refractivity contribution in [3.63, 3.8) is 0 Å². The van der Waals surface area contributed by atoms with Gasteiger partial charge in [-0.25, -0.2) is 9.48 Å². The Bertz CT molecular complexity index is 515. The van der Waals surface area contributed by atoms with Gasteiger partial charge in [0, 0.05) is 7.05 Å². The summed E-state index contributed by atoms with van der Waals surface area (Å²) in [5.41, 5.74) is 0.818. The van der Waals surface area contributed by atoms with Gasteiger partial charge in [0.2, 0.25) is 5.28 Å². The van der Waals surface area contributed by atoms with E-state index in [0.29, 0.717) is 6.54 Å². The van der Waals surface area contributed by atoms with Crippen LogP contribution in [0, 0.1) is 0 Å². The standard InChI is InChI=1S/C10H10ClN3O/c1-13-10(15)14(9(11)12-13)7-8-5-3-2-4-6-8/h2-6H,7H2,1H3. The zero-order valence-electron chi connectivity index (χ0n) is 8.22. The van der Waals surface area contributed by atoms with Crippen LogP contribution in [-0.2, 0) is 13.6 Å². The molecule has 0 saturated carbocycles. The molecule has 0 aliphatic heterocycles. The summed E-state index contributed by atoms with van der Waals surface area (Å²) in [5.74, 6) is 0. The molecule has 0 aliphatic carbocycles. The number of nitrogens with zero attached hydrogens (tertiary/aromatic N) is 3. The molecule has 2 aromatic rings. The van der Waals surface area contributed by atoms with Gasteiger partial charge in [-0.3, -0.25) is 4.57 Å². The minimum Gasteiger partial charge on any atom is -0.261 e. The molecule has 0 bridgehead atoms. The largest absolute Gasteiger partial charge is 0.346 e. The number of hydrogen-bond acceptors (Lipinski definition) is 2. The lowest BCUT2D eigenvalue weighted by Gasteiger charge is -2.00. The van der Waals surface area contributed by atoms with Gasteiger partial charge in [-0.1, -0.05) is 30.3 Å². The van der Waals surface area contributed by atoms with Crippen molar-refractivity contribution in [1.29, 1.82) is 0 Å². The minimum absolute atomic E-state index is 0.205. The molecule has 15 heavy (non-hydrogen) atoms. The van der Waals surface area contributed by atoms with Gasteiger partial charge < -0.3 is 0 Å². The summed E-state index contributed by atoms with van der Waals surface area (Å²) in [6.07, 6.45) is 0. The molecule has 0 fully saturated rings. The maximum absolute atomic E-state index is 11.6. The second-order valence-corrected chi connectivity index (χ2v) is 3.59. The molecule has 0 saturated heterocycles. The summed E-state index contributed by atoms with van der Waals surface area (Å²) in [6, 6.07) is 9.65. The Labute approximate surface area is 91.7 Å². The van der Waals surface area contributed by atoms with Crippen LogP contribution in [-0.4, -0.2) is 14.3 Å². The van der Waals surface area contributed by atoms with E-state index in [4.69, 9.17) is 11.6 Å². The van der Waals surface area contributed by atoms with Gasteiger partial charge in [-0.05, 0) is 17.2 Å². The van der Waals surface area contributed by atoms with E-state index in [1.54, 1.807) is 7.05 Å². The predicted octanol–water partition coefficient (Wildman–Crippen LogP) is 1.28. The fraction of sp³-hybridized carbons (Fsp3) is 0.200. The van der Waals surface area contributed by atoms with Gasteiger partial charge in [0.25, 0.3) is 0 Å². The zero-order valence-corrected chi connectivity index (χ0v) is 8.98. The summed E-state index contributed by atoms with van der Waals surface area (Å²) in [7, 11) is 1.58. The fourth-order valence-electron chi connectivity index (χ4n) is 1.37. The van der Waals surface area contributed by atoms with E-state index in [1.807, 2.05) is 30.3 Å². The highest BCUT2D eigenvalue weighted by Crippen LogP contribution is 2.05. The summed E-state index contributed by atoms with van der Waals surface area (Å²) < 4.78 is 2.65. The van der Waals surface area contributed by atoms with Crippen molar-refractivity contribution in [1.82, 2.24) is 14.3 Å². The first-order chi connectivity index (χ1) is 7.18. The monoisotopic (exact) mass is 223 g/mol. The third-order valence-electron chi connectivity index (χ3n) is 2.15. The van der Waals surface area contributed by atoms with Gasteiger partial charge in [-0.15, -0.1) is 5.10 Å². The van der Waals surface area contributed by atoms with Crippen LogP contribution in [0.4, 0.5) is 0 Å². The van der Waals surface area contributed by atoms with Crippen molar-refractivity contribution >= 4 is 11.6 Å². The molecule has 0 radical (unpaired) electrons. The van der Waals surface area contributed by atoms with Crippen LogP contribution in [0.25, 0.3) is 0 Å². The highest BCUT2D eigenvalue weighted by molar-refractivity contribution is 6.28. The molecule has 5 heteroatoms. The van der Waals surface area contributed by atoms with Crippen LogP contribution >= 0.6 is 11.6 Å². The molecule has 0 aliphatic rings. The second-order valence-electron chi connectivity index (χ2n) is 3.25. The third kappa shape index (κ3) is 1.94. The van der Waals surface area contributed by atoms with E-state index >= 15 is 0 Å². The van der Waals surface area contributed by atoms with E-state index < -0.39 is 0 Å². The molecule has 4 nitrogen and oxygen atoms in total. The van der Waals surface area contributed by atoms with E-state index in [0.717, 1.165) is 5.56 Å². The normalized spacial score (nSPS) is 10.5. The zero-order chi connectivity index (χ0) is 10.8. The van der Waals surface area contributed by atoms with Crippen molar-refractivity contribution in [2.45, 2.75) is 6.54 Å². The number of rotatable bonds is 2. The molecule has 1 aromatic carbocycles. The average molecular weight is 224 g/mol. The quantitative estimate of drug-likeness (QED) is 0.770. The Morgan fingerprint density at radius 1 is 1.33 bits per heavy atom. The first-order valence-electron chi connectivity index (χ1n) is 4.52. The van der Waals surface area contributed by atoms with Crippen LogP contribution in [0.5, 0.6) is 0 Å². The molecule has 0 atom stereocenters. The molecule has 2 rings (SSSR count). The van der Waals surface area contributed by atoms with Crippen molar-refractivity contribution < 1.29 is 0 Å². The number of aromatic nitrogens is 3. The first-order valence-corrected chi connectivity index (χ1v) is 4.89. The summed E-state index contributed by atoms with van der Waals surface area (Å²) in [4.78, 5) is 11.6. The lowest BCUT2D eigenvalue weighted by Crippen LogP contribution is -2.23.